The molecule has 0 aliphatic carbocycles. The van der Waals surface area contributed by atoms with Crippen LogP contribution < -0.4 is 9.57 Å². The van der Waals surface area contributed by atoms with Crippen molar-refractivity contribution in [2.24, 2.45) is 5.10 Å². The van der Waals surface area contributed by atoms with Gasteiger partial charge in [-0.25, -0.2) is 0 Å². The molecule has 0 atom stereocenters. The summed E-state index contributed by atoms with van der Waals surface area (Å²) in [6.07, 6.45) is 1.28. The minimum Gasteiger partial charge on any atom is -0.484 e. The molecule has 1 N–H and O–H groups in total. The third-order valence-electron chi connectivity index (χ3n) is 3.31. The average molecular weight is 391 g/mol. The van der Waals surface area contributed by atoms with E-state index in [1.54, 1.807) is 42.5 Å². The molecule has 26 heavy (non-hydrogen) atoms. The van der Waals surface area contributed by atoms with Crippen LogP contribution in [-0.2, 0) is 16.6 Å². The fraction of sp³-hybridized carbons (Fsp3) is 0.0556. The highest BCUT2D eigenvalue weighted by molar-refractivity contribution is 7.89. The summed E-state index contributed by atoms with van der Waals surface area (Å²) in [5.74, 6) is 1.49. The lowest BCUT2D eigenvalue weighted by Gasteiger charge is -2.05. The van der Waals surface area contributed by atoms with E-state index in [1.807, 2.05) is 12.1 Å². The number of hydrazone groups is 1. The van der Waals surface area contributed by atoms with Crippen LogP contribution in [-0.4, -0.2) is 14.6 Å². The van der Waals surface area contributed by atoms with Crippen LogP contribution in [0, 0.1) is 0 Å². The van der Waals surface area contributed by atoms with E-state index in [0.29, 0.717) is 22.3 Å². The lowest BCUT2D eigenvalue weighted by atomic mass is 10.3. The second-order valence-corrected chi connectivity index (χ2v) is 7.26. The molecule has 0 radical (unpaired) electrons. The van der Waals surface area contributed by atoms with Crippen LogP contribution in [0.4, 0.5) is 0 Å². The Morgan fingerprint density at radius 1 is 1.04 bits per heavy atom. The Hall–Kier alpha value is -2.77. The number of nitrogens with zero attached hydrogens (tertiary/aromatic N) is 1. The van der Waals surface area contributed by atoms with E-state index in [1.165, 1.54) is 18.3 Å². The Kier molecular flexibility index (Phi) is 5.60. The number of hydrogen-bond donors (Lipinski definition) is 1. The maximum atomic E-state index is 12.0. The number of rotatable bonds is 7. The number of nitrogens with one attached hydrogen (secondary N) is 1. The minimum atomic E-state index is -3.70. The van der Waals surface area contributed by atoms with E-state index in [0.717, 1.165) is 0 Å². The van der Waals surface area contributed by atoms with E-state index >= 15 is 0 Å². The van der Waals surface area contributed by atoms with Crippen molar-refractivity contribution in [3.8, 4) is 5.75 Å². The lowest BCUT2D eigenvalue weighted by molar-refractivity contribution is 0.270. The first-order valence-electron chi connectivity index (χ1n) is 7.60. The van der Waals surface area contributed by atoms with Crippen LogP contribution in [0.3, 0.4) is 0 Å². The van der Waals surface area contributed by atoms with Crippen LogP contribution >= 0.6 is 11.6 Å². The van der Waals surface area contributed by atoms with Crippen molar-refractivity contribution in [1.29, 1.82) is 0 Å². The number of para-hydroxylation sites is 1. The minimum absolute atomic E-state index is 0.130. The van der Waals surface area contributed by atoms with Crippen LogP contribution in [0.5, 0.6) is 5.75 Å². The first-order chi connectivity index (χ1) is 12.5. The molecule has 3 aromatic rings. The molecule has 1 heterocycles. The normalized spacial score (nSPS) is 11.6. The van der Waals surface area contributed by atoms with Gasteiger partial charge in [0.25, 0.3) is 10.0 Å². The van der Waals surface area contributed by atoms with E-state index in [9.17, 15) is 8.42 Å². The summed E-state index contributed by atoms with van der Waals surface area (Å²) in [6, 6.07) is 18.5. The molecule has 0 amide bonds. The van der Waals surface area contributed by atoms with Gasteiger partial charge in [0, 0.05) is 0 Å². The van der Waals surface area contributed by atoms with E-state index < -0.39 is 10.0 Å². The van der Waals surface area contributed by atoms with E-state index in [4.69, 9.17) is 20.8 Å². The van der Waals surface area contributed by atoms with Crippen LogP contribution in [0.1, 0.15) is 11.5 Å². The second kappa shape index (κ2) is 8.07. The highest BCUT2D eigenvalue weighted by atomic mass is 35.5. The quantitative estimate of drug-likeness (QED) is 0.491. The molecule has 134 valence electrons. The molecule has 0 bridgehead atoms. The Labute approximate surface area is 156 Å². The molecule has 6 nitrogen and oxygen atoms in total. The van der Waals surface area contributed by atoms with Gasteiger partial charge in [-0.1, -0.05) is 41.9 Å². The van der Waals surface area contributed by atoms with Crippen LogP contribution in [0.25, 0.3) is 0 Å². The Morgan fingerprint density at radius 2 is 1.77 bits per heavy atom. The highest BCUT2D eigenvalue weighted by Gasteiger charge is 2.11. The number of sulfonamides is 1. The van der Waals surface area contributed by atoms with Gasteiger partial charge in [0.15, 0.2) is 0 Å². The molecule has 0 saturated carbocycles. The average Bonchev–Trinajstić information content (AvgIpc) is 3.09. The molecule has 0 spiro atoms. The Bertz CT molecular complexity index is 1000. The zero-order valence-electron chi connectivity index (χ0n) is 13.5. The third kappa shape index (κ3) is 4.65. The van der Waals surface area contributed by atoms with Crippen molar-refractivity contribution in [1.82, 2.24) is 4.83 Å². The summed E-state index contributed by atoms with van der Waals surface area (Å²) in [6.45, 7) is 0.188. The topological polar surface area (TPSA) is 80.9 Å². The van der Waals surface area contributed by atoms with Gasteiger partial charge in [-0.15, -0.1) is 0 Å². The standard InChI is InChI=1S/C18H15ClN2O4S/c19-17-8-4-5-9-18(17)24-13-15-11-10-14(25-15)12-20-21-26(22,23)16-6-2-1-3-7-16/h1-12,21H,13H2. The summed E-state index contributed by atoms with van der Waals surface area (Å²) in [7, 11) is -3.70. The lowest BCUT2D eigenvalue weighted by Crippen LogP contribution is -2.18. The molecule has 0 unspecified atom stereocenters. The maximum Gasteiger partial charge on any atom is 0.276 e. The molecule has 0 fully saturated rings. The van der Waals surface area contributed by atoms with Crippen LogP contribution in [0.15, 0.2) is 81.1 Å². The molecule has 0 aliphatic rings. The van der Waals surface area contributed by atoms with Gasteiger partial charge in [-0.2, -0.15) is 18.4 Å². The number of ether oxygens (including phenoxy) is 1. The fourth-order valence-corrected chi connectivity index (χ4v) is 3.07. The van der Waals surface area contributed by atoms with Crippen molar-refractivity contribution >= 4 is 27.8 Å². The highest BCUT2D eigenvalue weighted by Crippen LogP contribution is 2.24. The number of benzene rings is 2. The predicted octanol–water partition coefficient (Wildman–Crippen LogP) is 3.82. The Balaban J connectivity index is 1.58. The molecule has 2 aromatic carbocycles. The van der Waals surface area contributed by atoms with Crippen molar-refractivity contribution < 1.29 is 17.6 Å². The molecule has 1 aromatic heterocycles. The van der Waals surface area contributed by atoms with Crippen molar-refractivity contribution in [3.05, 3.63) is 83.3 Å². The van der Waals surface area contributed by atoms with Crippen molar-refractivity contribution in [2.75, 3.05) is 0 Å². The molecule has 0 saturated heterocycles. The van der Waals surface area contributed by atoms with E-state index in [-0.39, 0.29) is 11.5 Å². The SMILES string of the molecule is O=S(=O)(NN=Cc1ccc(COc2ccccc2Cl)o1)c1ccccc1. The van der Waals surface area contributed by atoms with Crippen LogP contribution in [0.2, 0.25) is 5.02 Å². The molecular formula is C18H15ClN2O4S. The molecule has 3 rings (SSSR count). The summed E-state index contributed by atoms with van der Waals surface area (Å²) < 4.78 is 35.1. The molecular weight excluding hydrogens is 376 g/mol. The van der Waals surface area contributed by atoms with Gasteiger partial charge < -0.3 is 9.15 Å². The summed E-state index contributed by atoms with van der Waals surface area (Å²) in [5, 5.41) is 4.23. The Morgan fingerprint density at radius 3 is 2.54 bits per heavy atom. The summed E-state index contributed by atoms with van der Waals surface area (Å²) in [4.78, 5) is 2.26. The number of hydrogen-bond acceptors (Lipinski definition) is 5. The summed E-state index contributed by atoms with van der Waals surface area (Å²) >= 11 is 6.02. The number of halogens is 1. The smallest absolute Gasteiger partial charge is 0.276 e. The largest absolute Gasteiger partial charge is 0.484 e. The molecule has 0 aliphatic heterocycles. The monoisotopic (exact) mass is 390 g/mol. The zero-order valence-corrected chi connectivity index (χ0v) is 15.1. The maximum absolute atomic E-state index is 12.0. The number of furan rings is 1. The molecule has 8 heteroatoms. The van der Waals surface area contributed by atoms with Gasteiger partial charge in [0.2, 0.25) is 0 Å². The van der Waals surface area contributed by atoms with Crippen molar-refractivity contribution in [2.45, 2.75) is 11.5 Å². The second-order valence-electron chi connectivity index (χ2n) is 5.19. The van der Waals surface area contributed by atoms with Gasteiger partial charge in [-0.3, -0.25) is 0 Å². The first-order valence-corrected chi connectivity index (χ1v) is 9.47. The summed E-state index contributed by atoms with van der Waals surface area (Å²) in [5.41, 5.74) is 0. The van der Waals surface area contributed by atoms with Gasteiger partial charge in [0.1, 0.15) is 23.9 Å². The van der Waals surface area contributed by atoms with Gasteiger partial charge in [-0.05, 0) is 36.4 Å². The van der Waals surface area contributed by atoms with Gasteiger partial charge >= 0.3 is 0 Å². The first kappa shape index (κ1) is 18.0. The predicted molar refractivity (Wildman–Crippen MR) is 98.8 cm³/mol. The zero-order chi connectivity index (χ0) is 18.4. The van der Waals surface area contributed by atoms with E-state index in [2.05, 4.69) is 9.93 Å². The van der Waals surface area contributed by atoms with Crippen molar-refractivity contribution in [3.63, 3.8) is 0 Å². The third-order valence-corrected chi connectivity index (χ3v) is 4.86. The fourth-order valence-electron chi connectivity index (χ4n) is 2.06. The van der Waals surface area contributed by atoms with Gasteiger partial charge in [0.05, 0.1) is 16.1 Å².